The Bertz CT molecular complexity index is 307. The van der Waals surface area contributed by atoms with Gasteiger partial charge in [-0.2, -0.15) is 0 Å². The van der Waals surface area contributed by atoms with Crippen LogP contribution in [0.2, 0.25) is 0 Å². The number of nitrogens with zero attached hydrogens (tertiary/aromatic N) is 1. The molecule has 4 nitrogen and oxygen atoms in total. The van der Waals surface area contributed by atoms with E-state index in [1.54, 1.807) is 0 Å². The summed E-state index contributed by atoms with van der Waals surface area (Å²) in [6, 6.07) is 0.423. The van der Waals surface area contributed by atoms with E-state index in [1.165, 1.54) is 30.7 Å². The normalized spacial score (nSPS) is 40.5. The SMILES string of the molecule is NC1NC2=C3N=CCCC3CCC2N1. The lowest BCUT2D eigenvalue weighted by Gasteiger charge is -2.29. The minimum Gasteiger partial charge on any atom is -0.358 e. The average Bonchev–Trinajstić information content (AvgIpc) is 2.59. The molecule has 3 unspecified atom stereocenters. The summed E-state index contributed by atoms with van der Waals surface area (Å²) >= 11 is 0. The van der Waals surface area contributed by atoms with Gasteiger partial charge in [0.25, 0.3) is 0 Å². The molecule has 0 radical (unpaired) electrons. The fourth-order valence-electron chi connectivity index (χ4n) is 2.71. The zero-order chi connectivity index (χ0) is 9.54. The van der Waals surface area contributed by atoms with Crippen LogP contribution in [0.25, 0.3) is 0 Å². The quantitative estimate of drug-likeness (QED) is 0.516. The molecule has 4 N–H and O–H groups in total. The first-order valence-electron chi connectivity index (χ1n) is 5.39. The van der Waals surface area contributed by atoms with Gasteiger partial charge in [0, 0.05) is 12.1 Å². The monoisotopic (exact) mass is 192 g/mol. The summed E-state index contributed by atoms with van der Waals surface area (Å²) in [4.78, 5) is 4.53. The Morgan fingerprint density at radius 3 is 3.21 bits per heavy atom. The first kappa shape index (κ1) is 8.44. The molecule has 3 rings (SSSR count). The molecule has 0 amide bonds. The number of hydrogen-bond acceptors (Lipinski definition) is 4. The summed E-state index contributed by atoms with van der Waals surface area (Å²) in [6.07, 6.45) is 6.78. The Balaban J connectivity index is 2.00. The van der Waals surface area contributed by atoms with Crippen LogP contribution in [0, 0.1) is 5.92 Å². The van der Waals surface area contributed by atoms with Crippen LogP contribution in [0.3, 0.4) is 0 Å². The molecular formula is C10H16N4. The second-order valence-corrected chi connectivity index (χ2v) is 4.30. The zero-order valence-corrected chi connectivity index (χ0v) is 8.16. The van der Waals surface area contributed by atoms with Crippen molar-refractivity contribution >= 4 is 6.21 Å². The van der Waals surface area contributed by atoms with E-state index in [4.69, 9.17) is 5.73 Å². The average molecular weight is 192 g/mol. The minimum atomic E-state index is -0.0848. The molecule has 14 heavy (non-hydrogen) atoms. The van der Waals surface area contributed by atoms with Crippen molar-refractivity contribution in [3.63, 3.8) is 0 Å². The van der Waals surface area contributed by atoms with Crippen molar-refractivity contribution in [2.24, 2.45) is 16.6 Å². The Hall–Kier alpha value is -0.870. The third-order valence-electron chi connectivity index (χ3n) is 3.38. The van der Waals surface area contributed by atoms with Gasteiger partial charge in [-0.3, -0.25) is 16.0 Å². The molecule has 2 heterocycles. The summed E-state index contributed by atoms with van der Waals surface area (Å²) in [5.41, 5.74) is 8.32. The number of rotatable bonds is 0. The Labute approximate surface area is 83.7 Å². The van der Waals surface area contributed by atoms with Gasteiger partial charge in [-0.05, 0) is 25.7 Å². The molecule has 76 valence electrons. The van der Waals surface area contributed by atoms with Crippen LogP contribution in [0.5, 0.6) is 0 Å². The largest absolute Gasteiger partial charge is 0.358 e. The molecule has 0 aromatic heterocycles. The summed E-state index contributed by atoms with van der Waals surface area (Å²) in [6.45, 7) is 0. The highest BCUT2D eigenvalue weighted by Crippen LogP contribution is 2.36. The van der Waals surface area contributed by atoms with E-state index in [0.717, 1.165) is 6.42 Å². The summed E-state index contributed by atoms with van der Waals surface area (Å²) < 4.78 is 0. The fourth-order valence-corrected chi connectivity index (χ4v) is 2.71. The number of nitrogens with one attached hydrogen (secondary N) is 2. The molecular weight excluding hydrogens is 176 g/mol. The summed E-state index contributed by atoms with van der Waals surface area (Å²) in [5, 5.41) is 6.61. The van der Waals surface area contributed by atoms with Crippen LogP contribution in [-0.4, -0.2) is 18.5 Å². The first-order valence-corrected chi connectivity index (χ1v) is 5.39. The van der Waals surface area contributed by atoms with E-state index < -0.39 is 0 Å². The molecule has 0 aromatic carbocycles. The van der Waals surface area contributed by atoms with Crippen LogP contribution in [0.15, 0.2) is 16.4 Å². The van der Waals surface area contributed by atoms with Crippen molar-refractivity contribution in [3.8, 4) is 0 Å². The van der Waals surface area contributed by atoms with Crippen molar-refractivity contribution in [1.29, 1.82) is 0 Å². The van der Waals surface area contributed by atoms with E-state index in [9.17, 15) is 0 Å². The second kappa shape index (κ2) is 3.07. The van der Waals surface area contributed by atoms with Gasteiger partial charge >= 0.3 is 0 Å². The molecule has 3 atom stereocenters. The van der Waals surface area contributed by atoms with Crippen molar-refractivity contribution in [3.05, 3.63) is 11.4 Å². The Morgan fingerprint density at radius 1 is 1.36 bits per heavy atom. The van der Waals surface area contributed by atoms with E-state index in [0.29, 0.717) is 12.0 Å². The molecule has 0 spiro atoms. The lowest BCUT2D eigenvalue weighted by Crippen LogP contribution is -2.41. The highest BCUT2D eigenvalue weighted by atomic mass is 15.3. The van der Waals surface area contributed by atoms with Crippen LogP contribution < -0.4 is 16.4 Å². The molecule has 4 heteroatoms. The standard InChI is InChI=1S/C10H16N4/c11-10-13-7-4-3-6-2-1-5-12-8(6)9(7)14-10/h5-7,10,13-14H,1-4,11H2. The molecule has 0 aromatic rings. The number of allylic oxidation sites excluding steroid dienone is 1. The second-order valence-electron chi connectivity index (χ2n) is 4.30. The van der Waals surface area contributed by atoms with E-state index in [2.05, 4.69) is 15.6 Å². The highest BCUT2D eigenvalue weighted by molar-refractivity contribution is 5.61. The Morgan fingerprint density at radius 2 is 2.29 bits per heavy atom. The maximum atomic E-state index is 5.81. The zero-order valence-electron chi connectivity index (χ0n) is 8.16. The molecule has 2 aliphatic heterocycles. The van der Waals surface area contributed by atoms with Crippen molar-refractivity contribution in [2.45, 2.75) is 38.0 Å². The van der Waals surface area contributed by atoms with Gasteiger partial charge in [-0.25, -0.2) is 0 Å². The Kier molecular flexibility index (Phi) is 1.85. The van der Waals surface area contributed by atoms with Gasteiger partial charge in [0.05, 0.1) is 17.4 Å². The summed E-state index contributed by atoms with van der Waals surface area (Å²) in [5.74, 6) is 0.672. The maximum Gasteiger partial charge on any atom is 0.130 e. The first-order chi connectivity index (χ1) is 6.84. The number of nitrogens with two attached hydrogens (primary N) is 1. The number of hydrogen-bond donors (Lipinski definition) is 3. The third kappa shape index (κ3) is 1.18. The molecule has 1 fully saturated rings. The van der Waals surface area contributed by atoms with Gasteiger partial charge in [0.15, 0.2) is 0 Å². The fraction of sp³-hybridized carbons (Fsp3) is 0.700. The van der Waals surface area contributed by atoms with Gasteiger partial charge in [0.2, 0.25) is 0 Å². The molecule has 0 saturated carbocycles. The van der Waals surface area contributed by atoms with Gasteiger partial charge in [0.1, 0.15) is 6.29 Å². The van der Waals surface area contributed by atoms with Crippen LogP contribution >= 0.6 is 0 Å². The topological polar surface area (TPSA) is 62.4 Å². The number of fused-ring (bicyclic) bond motifs is 2. The lowest BCUT2D eigenvalue weighted by molar-refractivity contribution is 0.418. The van der Waals surface area contributed by atoms with Crippen LogP contribution in [0.4, 0.5) is 0 Å². The highest BCUT2D eigenvalue weighted by Gasteiger charge is 2.35. The molecule has 1 aliphatic carbocycles. The van der Waals surface area contributed by atoms with Gasteiger partial charge < -0.3 is 5.32 Å². The molecule has 1 saturated heterocycles. The van der Waals surface area contributed by atoms with Crippen molar-refractivity contribution < 1.29 is 0 Å². The maximum absolute atomic E-state index is 5.81. The minimum absolute atomic E-state index is 0.0848. The summed E-state index contributed by atoms with van der Waals surface area (Å²) in [7, 11) is 0. The van der Waals surface area contributed by atoms with E-state index in [-0.39, 0.29) is 6.29 Å². The van der Waals surface area contributed by atoms with Gasteiger partial charge in [-0.1, -0.05) is 0 Å². The van der Waals surface area contributed by atoms with Crippen LogP contribution in [0.1, 0.15) is 25.7 Å². The predicted molar refractivity (Wildman–Crippen MR) is 55.5 cm³/mol. The molecule has 0 bridgehead atoms. The van der Waals surface area contributed by atoms with Crippen LogP contribution in [-0.2, 0) is 0 Å². The molecule has 3 aliphatic rings. The smallest absolute Gasteiger partial charge is 0.130 e. The number of aliphatic imine (C=N–C) groups is 1. The van der Waals surface area contributed by atoms with Crippen molar-refractivity contribution in [2.75, 3.05) is 0 Å². The predicted octanol–water partition coefficient (Wildman–Crippen LogP) is 0.276. The van der Waals surface area contributed by atoms with E-state index in [1.807, 2.05) is 6.21 Å². The van der Waals surface area contributed by atoms with Crippen molar-refractivity contribution in [1.82, 2.24) is 10.6 Å². The van der Waals surface area contributed by atoms with Gasteiger partial charge in [-0.15, -0.1) is 0 Å². The lowest BCUT2D eigenvalue weighted by atomic mass is 9.84. The third-order valence-corrected chi connectivity index (χ3v) is 3.38. The van der Waals surface area contributed by atoms with E-state index >= 15 is 0 Å².